The number of aliphatic hydroxyl groups is 1. The molecule has 2 aromatic rings. The lowest BCUT2D eigenvalue weighted by atomic mass is 9.83. The molecule has 18 heavy (non-hydrogen) atoms. The standard InChI is InChI=1S/C15H17NOS/c1-11-15(17,7-3-9-18-11)14-5-2-4-12-6-8-16-10-13(12)14/h2,4-6,8,10-11,17H,3,7,9H2,1H3. The van der Waals surface area contributed by atoms with Gasteiger partial charge >= 0.3 is 0 Å². The second kappa shape index (κ2) is 4.56. The second-order valence-electron chi connectivity index (χ2n) is 4.94. The normalized spacial score (nSPS) is 28.4. The van der Waals surface area contributed by atoms with E-state index in [-0.39, 0.29) is 5.25 Å². The zero-order valence-corrected chi connectivity index (χ0v) is 11.3. The molecule has 1 fully saturated rings. The highest BCUT2D eigenvalue weighted by Crippen LogP contribution is 2.43. The SMILES string of the molecule is CC1SCCCC1(O)c1cccc2ccncc12. The monoisotopic (exact) mass is 259 g/mol. The first-order valence-electron chi connectivity index (χ1n) is 6.39. The van der Waals surface area contributed by atoms with Crippen molar-refractivity contribution in [3.63, 3.8) is 0 Å². The van der Waals surface area contributed by atoms with E-state index in [1.54, 1.807) is 6.20 Å². The zero-order chi connectivity index (χ0) is 12.6. The smallest absolute Gasteiger partial charge is 0.102 e. The molecule has 3 rings (SSSR count). The van der Waals surface area contributed by atoms with Gasteiger partial charge in [-0.05, 0) is 35.6 Å². The summed E-state index contributed by atoms with van der Waals surface area (Å²) >= 11 is 1.86. The van der Waals surface area contributed by atoms with Gasteiger partial charge in [-0.15, -0.1) is 0 Å². The molecule has 1 saturated heterocycles. The highest BCUT2D eigenvalue weighted by molar-refractivity contribution is 8.00. The second-order valence-corrected chi connectivity index (χ2v) is 6.39. The third-order valence-electron chi connectivity index (χ3n) is 3.89. The summed E-state index contributed by atoms with van der Waals surface area (Å²) in [6, 6.07) is 8.15. The van der Waals surface area contributed by atoms with Crippen LogP contribution in [0.5, 0.6) is 0 Å². The molecule has 1 aliphatic heterocycles. The summed E-state index contributed by atoms with van der Waals surface area (Å²) in [6.45, 7) is 2.12. The maximum atomic E-state index is 11.1. The van der Waals surface area contributed by atoms with Gasteiger partial charge in [0.2, 0.25) is 0 Å². The Bertz CT molecular complexity index is 566. The molecule has 0 aliphatic carbocycles. The van der Waals surface area contributed by atoms with E-state index >= 15 is 0 Å². The van der Waals surface area contributed by atoms with E-state index in [0.717, 1.165) is 34.9 Å². The van der Waals surface area contributed by atoms with Crippen LogP contribution in [0.15, 0.2) is 36.7 Å². The maximum Gasteiger partial charge on any atom is 0.102 e. The number of fused-ring (bicyclic) bond motifs is 1. The lowest BCUT2D eigenvalue weighted by Gasteiger charge is -2.38. The van der Waals surface area contributed by atoms with Gasteiger partial charge < -0.3 is 5.11 Å². The van der Waals surface area contributed by atoms with Crippen LogP contribution in [0.25, 0.3) is 10.8 Å². The van der Waals surface area contributed by atoms with Crippen LogP contribution < -0.4 is 0 Å². The summed E-state index contributed by atoms with van der Waals surface area (Å²) in [5.74, 6) is 1.15. The first kappa shape index (κ1) is 12.0. The largest absolute Gasteiger partial charge is 0.384 e. The van der Waals surface area contributed by atoms with E-state index in [9.17, 15) is 5.11 Å². The van der Waals surface area contributed by atoms with Crippen molar-refractivity contribution < 1.29 is 5.11 Å². The molecule has 1 aromatic heterocycles. The fraction of sp³-hybridized carbons (Fsp3) is 0.400. The van der Waals surface area contributed by atoms with Crippen LogP contribution >= 0.6 is 11.8 Å². The molecule has 1 aliphatic rings. The van der Waals surface area contributed by atoms with Gasteiger partial charge in [0.25, 0.3) is 0 Å². The Morgan fingerprint density at radius 3 is 3.11 bits per heavy atom. The molecule has 2 unspecified atom stereocenters. The Morgan fingerprint density at radius 1 is 1.39 bits per heavy atom. The van der Waals surface area contributed by atoms with Crippen LogP contribution in [0, 0.1) is 0 Å². The summed E-state index contributed by atoms with van der Waals surface area (Å²) in [4.78, 5) is 4.21. The first-order valence-corrected chi connectivity index (χ1v) is 7.44. The minimum absolute atomic E-state index is 0.233. The Labute approximate surface area is 111 Å². The van der Waals surface area contributed by atoms with Gasteiger partial charge in [0.15, 0.2) is 0 Å². The quantitative estimate of drug-likeness (QED) is 0.852. The van der Waals surface area contributed by atoms with Crippen molar-refractivity contribution in [3.05, 3.63) is 42.2 Å². The molecule has 1 N–H and O–H groups in total. The van der Waals surface area contributed by atoms with Crippen LogP contribution in [0.3, 0.4) is 0 Å². The lowest BCUT2D eigenvalue weighted by molar-refractivity contribution is 0.0269. The van der Waals surface area contributed by atoms with Crippen LogP contribution in [0.4, 0.5) is 0 Å². The number of hydrogen-bond acceptors (Lipinski definition) is 3. The first-order chi connectivity index (χ1) is 8.72. The van der Waals surface area contributed by atoms with Crippen molar-refractivity contribution in [3.8, 4) is 0 Å². The molecule has 0 amide bonds. The molecule has 0 saturated carbocycles. The van der Waals surface area contributed by atoms with Crippen LogP contribution in [0.2, 0.25) is 0 Å². The highest BCUT2D eigenvalue weighted by atomic mass is 32.2. The van der Waals surface area contributed by atoms with Crippen molar-refractivity contribution in [2.75, 3.05) is 5.75 Å². The Morgan fingerprint density at radius 2 is 2.28 bits per heavy atom. The molecular weight excluding hydrogens is 242 g/mol. The average molecular weight is 259 g/mol. The molecule has 94 valence electrons. The van der Waals surface area contributed by atoms with E-state index in [4.69, 9.17) is 0 Å². The van der Waals surface area contributed by atoms with E-state index in [1.165, 1.54) is 0 Å². The van der Waals surface area contributed by atoms with Gasteiger partial charge in [0.1, 0.15) is 5.60 Å². The topological polar surface area (TPSA) is 33.1 Å². The fourth-order valence-electron chi connectivity index (χ4n) is 2.79. The third-order valence-corrected chi connectivity index (χ3v) is 5.31. The lowest BCUT2D eigenvalue weighted by Crippen LogP contribution is -2.39. The minimum atomic E-state index is -0.717. The van der Waals surface area contributed by atoms with Gasteiger partial charge in [0, 0.05) is 23.0 Å². The predicted octanol–water partition coefficient (Wildman–Crippen LogP) is 3.34. The Kier molecular flexibility index (Phi) is 3.04. The number of pyridine rings is 1. The Balaban J connectivity index is 2.19. The number of thioether (sulfide) groups is 1. The average Bonchev–Trinajstić information content (AvgIpc) is 2.41. The number of aromatic nitrogens is 1. The van der Waals surface area contributed by atoms with Crippen molar-refractivity contribution >= 4 is 22.5 Å². The summed E-state index contributed by atoms with van der Waals surface area (Å²) in [7, 11) is 0. The molecule has 0 bridgehead atoms. The molecule has 1 aromatic carbocycles. The Hall–Kier alpha value is -1.06. The summed E-state index contributed by atoms with van der Waals surface area (Å²) < 4.78 is 0. The van der Waals surface area contributed by atoms with Crippen LogP contribution in [0.1, 0.15) is 25.3 Å². The van der Waals surface area contributed by atoms with Crippen molar-refractivity contribution in [2.45, 2.75) is 30.6 Å². The number of nitrogens with zero attached hydrogens (tertiary/aromatic N) is 1. The minimum Gasteiger partial charge on any atom is -0.384 e. The van der Waals surface area contributed by atoms with Crippen molar-refractivity contribution in [1.29, 1.82) is 0 Å². The maximum absolute atomic E-state index is 11.1. The summed E-state index contributed by atoms with van der Waals surface area (Å²) in [5.41, 5.74) is 0.318. The van der Waals surface area contributed by atoms with Crippen LogP contribution in [-0.4, -0.2) is 21.1 Å². The highest BCUT2D eigenvalue weighted by Gasteiger charge is 2.39. The predicted molar refractivity (Wildman–Crippen MR) is 76.8 cm³/mol. The summed E-state index contributed by atoms with van der Waals surface area (Å²) in [5, 5.41) is 13.5. The van der Waals surface area contributed by atoms with Gasteiger partial charge in [-0.3, -0.25) is 4.98 Å². The number of rotatable bonds is 1. The molecule has 2 atom stereocenters. The van der Waals surface area contributed by atoms with Crippen molar-refractivity contribution in [1.82, 2.24) is 4.98 Å². The van der Waals surface area contributed by atoms with Gasteiger partial charge in [-0.2, -0.15) is 11.8 Å². The number of hydrogen-bond donors (Lipinski definition) is 1. The van der Waals surface area contributed by atoms with Gasteiger partial charge in [-0.1, -0.05) is 25.1 Å². The molecular formula is C15H17NOS. The fourth-order valence-corrected chi connectivity index (χ4v) is 3.97. The van der Waals surface area contributed by atoms with Gasteiger partial charge in [0.05, 0.1) is 0 Å². The van der Waals surface area contributed by atoms with Crippen LogP contribution in [-0.2, 0) is 5.60 Å². The molecule has 2 heterocycles. The molecule has 2 nitrogen and oxygen atoms in total. The number of benzene rings is 1. The third kappa shape index (κ3) is 1.82. The van der Waals surface area contributed by atoms with E-state index in [2.05, 4.69) is 18.0 Å². The van der Waals surface area contributed by atoms with E-state index in [0.29, 0.717) is 0 Å². The zero-order valence-electron chi connectivity index (χ0n) is 10.5. The van der Waals surface area contributed by atoms with Gasteiger partial charge in [-0.25, -0.2) is 0 Å². The van der Waals surface area contributed by atoms with E-state index in [1.807, 2.05) is 36.2 Å². The summed E-state index contributed by atoms with van der Waals surface area (Å²) in [6.07, 6.45) is 5.58. The van der Waals surface area contributed by atoms with E-state index < -0.39 is 5.60 Å². The molecule has 3 heteroatoms. The molecule has 0 radical (unpaired) electrons. The van der Waals surface area contributed by atoms with Crippen molar-refractivity contribution in [2.24, 2.45) is 0 Å². The molecule has 0 spiro atoms.